The number of hydrogen-bond donors (Lipinski definition) is 1. The molecule has 0 unspecified atom stereocenters. The Balaban J connectivity index is 2.31. The lowest BCUT2D eigenvalue weighted by Gasteiger charge is -2.23. The van der Waals surface area contributed by atoms with E-state index < -0.39 is 0 Å². The van der Waals surface area contributed by atoms with Gasteiger partial charge in [-0.25, -0.2) is 0 Å². The number of likely N-dealkylation sites (tertiary alicyclic amines) is 1. The third kappa shape index (κ3) is 2.14. The minimum absolute atomic E-state index is 0.0209. The summed E-state index contributed by atoms with van der Waals surface area (Å²) >= 11 is 0. The maximum atomic E-state index is 12.5. The Morgan fingerprint density at radius 2 is 2.33 bits per heavy atom. The van der Waals surface area contributed by atoms with Crippen molar-refractivity contribution in [1.29, 1.82) is 0 Å². The molecule has 0 aliphatic carbocycles. The molecule has 0 radical (unpaired) electrons. The molecule has 1 aliphatic rings. The highest BCUT2D eigenvalue weighted by molar-refractivity contribution is 5.96. The number of carbonyl (C=O) groups is 1. The molecule has 1 amide bonds. The number of aliphatic hydroxyl groups excluding tert-OH is 1. The van der Waals surface area contributed by atoms with Crippen molar-refractivity contribution in [2.24, 2.45) is 0 Å². The average Bonchev–Trinajstić information content (AvgIpc) is 2.93. The van der Waals surface area contributed by atoms with Gasteiger partial charge in [-0.1, -0.05) is 19.0 Å². The predicted molar refractivity (Wildman–Crippen MR) is 66.5 cm³/mol. The molecule has 1 aliphatic heterocycles. The molecule has 100 valence electrons. The quantitative estimate of drug-likeness (QED) is 0.889. The largest absolute Gasteiger partial charge is 0.394 e. The van der Waals surface area contributed by atoms with Gasteiger partial charge in [0.05, 0.1) is 18.3 Å². The SMILES string of the molecule is Cc1noc(C(C)C)c1C(=O)N1CCC[C@@H]1CO. The van der Waals surface area contributed by atoms with E-state index in [1.165, 1.54) is 0 Å². The van der Waals surface area contributed by atoms with Crippen LogP contribution in [-0.4, -0.2) is 40.3 Å². The molecule has 0 bridgehead atoms. The van der Waals surface area contributed by atoms with Crippen molar-refractivity contribution in [3.63, 3.8) is 0 Å². The van der Waals surface area contributed by atoms with Gasteiger partial charge in [0, 0.05) is 12.5 Å². The molecule has 2 heterocycles. The lowest BCUT2D eigenvalue weighted by atomic mass is 10.0. The molecule has 0 spiro atoms. The third-order valence-corrected chi connectivity index (χ3v) is 3.48. The van der Waals surface area contributed by atoms with Crippen molar-refractivity contribution >= 4 is 5.91 Å². The number of hydrogen-bond acceptors (Lipinski definition) is 4. The number of amides is 1. The lowest BCUT2D eigenvalue weighted by Crippen LogP contribution is -2.38. The van der Waals surface area contributed by atoms with Crippen LogP contribution in [0.5, 0.6) is 0 Å². The van der Waals surface area contributed by atoms with Crippen molar-refractivity contribution in [1.82, 2.24) is 10.1 Å². The molecule has 5 nitrogen and oxygen atoms in total. The third-order valence-electron chi connectivity index (χ3n) is 3.48. The Morgan fingerprint density at radius 1 is 1.61 bits per heavy atom. The lowest BCUT2D eigenvalue weighted by molar-refractivity contribution is 0.0674. The van der Waals surface area contributed by atoms with Gasteiger partial charge in [-0.3, -0.25) is 4.79 Å². The van der Waals surface area contributed by atoms with E-state index in [0.717, 1.165) is 12.8 Å². The van der Waals surface area contributed by atoms with E-state index in [1.807, 2.05) is 13.8 Å². The molecular weight excluding hydrogens is 232 g/mol. The smallest absolute Gasteiger partial charge is 0.259 e. The zero-order valence-electron chi connectivity index (χ0n) is 11.1. The summed E-state index contributed by atoms with van der Waals surface area (Å²) in [4.78, 5) is 14.3. The molecule has 2 rings (SSSR count). The summed E-state index contributed by atoms with van der Waals surface area (Å²) in [6.07, 6.45) is 1.81. The number of rotatable bonds is 3. The predicted octanol–water partition coefficient (Wildman–Crippen LogP) is 1.70. The van der Waals surface area contributed by atoms with Gasteiger partial charge < -0.3 is 14.5 Å². The fraction of sp³-hybridized carbons (Fsp3) is 0.692. The van der Waals surface area contributed by atoms with Crippen LogP contribution >= 0.6 is 0 Å². The summed E-state index contributed by atoms with van der Waals surface area (Å²) in [6, 6.07) is -0.0631. The first kappa shape index (κ1) is 13.1. The maximum Gasteiger partial charge on any atom is 0.259 e. The monoisotopic (exact) mass is 252 g/mol. The molecule has 1 fully saturated rings. The average molecular weight is 252 g/mol. The van der Waals surface area contributed by atoms with E-state index in [4.69, 9.17) is 4.52 Å². The summed E-state index contributed by atoms with van der Waals surface area (Å²) in [5.41, 5.74) is 1.21. The highest BCUT2D eigenvalue weighted by atomic mass is 16.5. The molecule has 5 heteroatoms. The highest BCUT2D eigenvalue weighted by Crippen LogP contribution is 2.27. The van der Waals surface area contributed by atoms with Crippen molar-refractivity contribution in [3.05, 3.63) is 17.0 Å². The van der Waals surface area contributed by atoms with E-state index in [0.29, 0.717) is 23.6 Å². The normalized spacial score (nSPS) is 19.8. The first-order valence-corrected chi connectivity index (χ1v) is 6.44. The second kappa shape index (κ2) is 5.10. The minimum Gasteiger partial charge on any atom is -0.394 e. The summed E-state index contributed by atoms with van der Waals surface area (Å²) in [7, 11) is 0. The second-order valence-electron chi connectivity index (χ2n) is 5.14. The summed E-state index contributed by atoms with van der Waals surface area (Å²) in [5, 5.41) is 13.2. The molecule has 0 aromatic carbocycles. The van der Waals surface area contributed by atoms with Gasteiger partial charge in [-0.15, -0.1) is 0 Å². The van der Waals surface area contributed by atoms with Crippen LogP contribution in [0.1, 0.15) is 54.4 Å². The Bertz CT molecular complexity index is 439. The summed E-state index contributed by atoms with van der Waals surface area (Å²) in [5.74, 6) is 0.704. The Hall–Kier alpha value is -1.36. The zero-order chi connectivity index (χ0) is 13.3. The zero-order valence-corrected chi connectivity index (χ0v) is 11.1. The molecule has 1 atom stereocenters. The first-order chi connectivity index (χ1) is 8.56. The van der Waals surface area contributed by atoms with Crippen LogP contribution in [-0.2, 0) is 0 Å². The van der Waals surface area contributed by atoms with Crippen LogP contribution in [0.4, 0.5) is 0 Å². The standard InChI is InChI=1S/C13H20N2O3/c1-8(2)12-11(9(3)14-18-12)13(17)15-6-4-5-10(15)7-16/h8,10,16H,4-7H2,1-3H3/t10-/m1/s1. The molecule has 1 N–H and O–H groups in total. The Kier molecular flexibility index (Phi) is 3.71. The molecule has 1 saturated heterocycles. The van der Waals surface area contributed by atoms with Crippen LogP contribution in [0.2, 0.25) is 0 Å². The van der Waals surface area contributed by atoms with Crippen molar-refractivity contribution in [3.8, 4) is 0 Å². The van der Waals surface area contributed by atoms with Gasteiger partial charge >= 0.3 is 0 Å². The van der Waals surface area contributed by atoms with Crippen LogP contribution in [0.15, 0.2) is 4.52 Å². The van der Waals surface area contributed by atoms with E-state index in [-0.39, 0.29) is 24.5 Å². The minimum atomic E-state index is -0.0631. The van der Waals surface area contributed by atoms with Gasteiger partial charge in [0.15, 0.2) is 5.76 Å². The van der Waals surface area contributed by atoms with Gasteiger partial charge in [-0.05, 0) is 19.8 Å². The van der Waals surface area contributed by atoms with Gasteiger partial charge in [0.25, 0.3) is 5.91 Å². The Labute approximate surface area is 107 Å². The van der Waals surface area contributed by atoms with Gasteiger partial charge in [0.1, 0.15) is 5.56 Å². The summed E-state index contributed by atoms with van der Waals surface area (Å²) < 4.78 is 5.25. The van der Waals surface area contributed by atoms with Crippen LogP contribution in [0.3, 0.4) is 0 Å². The highest BCUT2D eigenvalue weighted by Gasteiger charge is 2.33. The van der Waals surface area contributed by atoms with E-state index in [9.17, 15) is 9.90 Å². The molecule has 0 saturated carbocycles. The van der Waals surface area contributed by atoms with Gasteiger partial charge in [-0.2, -0.15) is 0 Å². The molecule has 1 aromatic heterocycles. The molecular formula is C13H20N2O3. The number of aliphatic hydroxyl groups is 1. The van der Waals surface area contributed by atoms with E-state index in [2.05, 4.69) is 5.16 Å². The first-order valence-electron chi connectivity index (χ1n) is 6.44. The van der Waals surface area contributed by atoms with E-state index in [1.54, 1.807) is 11.8 Å². The Morgan fingerprint density at radius 3 is 2.94 bits per heavy atom. The number of aromatic nitrogens is 1. The van der Waals surface area contributed by atoms with Crippen molar-refractivity contribution in [2.45, 2.75) is 45.6 Å². The van der Waals surface area contributed by atoms with E-state index >= 15 is 0 Å². The second-order valence-corrected chi connectivity index (χ2v) is 5.14. The maximum absolute atomic E-state index is 12.5. The topological polar surface area (TPSA) is 66.6 Å². The van der Waals surface area contributed by atoms with Gasteiger partial charge in [0.2, 0.25) is 0 Å². The van der Waals surface area contributed by atoms with Crippen LogP contribution in [0, 0.1) is 6.92 Å². The number of carbonyl (C=O) groups excluding carboxylic acids is 1. The van der Waals surface area contributed by atoms with Crippen LogP contribution < -0.4 is 0 Å². The summed E-state index contributed by atoms with van der Waals surface area (Å²) in [6.45, 7) is 6.46. The fourth-order valence-corrected chi connectivity index (χ4v) is 2.48. The van der Waals surface area contributed by atoms with Crippen molar-refractivity contribution in [2.75, 3.05) is 13.2 Å². The number of aryl methyl sites for hydroxylation is 1. The van der Waals surface area contributed by atoms with Crippen LogP contribution in [0.25, 0.3) is 0 Å². The number of nitrogens with zero attached hydrogens (tertiary/aromatic N) is 2. The van der Waals surface area contributed by atoms with Crippen molar-refractivity contribution < 1.29 is 14.4 Å². The molecule has 18 heavy (non-hydrogen) atoms. The fourth-order valence-electron chi connectivity index (χ4n) is 2.48. The molecule has 1 aromatic rings.